The van der Waals surface area contributed by atoms with Crippen molar-refractivity contribution in [1.82, 2.24) is 5.32 Å². The van der Waals surface area contributed by atoms with Gasteiger partial charge in [0.15, 0.2) is 5.78 Å². The highest BCUT2D eigenvalue weighted by atomic mass is 16.4. The third-order valence-electron chi connectivity index (χ3n) is 1.76. The molecule has 0 radical (unpaired) electrons. The highest BCUT2D eigenvalue weighted by Crippen LogP contribution is 2.18. The number of rotatable bonds is 1. The molecular formula is C7H9NO4. The van der Waals surface area contributed by atoms with Gasteiger partial charge in [0, 0.05) is 12.8 Å². The predicted molar refractivity (Wildman–Crippen MR) is 39.1 cm³/mol. The van der Waals surface area contributed by atoms with E-state index in [1.807, 2.05) is 0 Å². The molecule has 0 saturated carbocycles. The average molecular weight is 171 g/mol. The summed E-state index contributed by atoms with van der Waals surface area (Å²) in [6.45, 7) is 3.29. The van der Waals surface area contributed by atoms with Gasteiger partial charge in [-0.05, 0) is 0 Å². The molecule has 1 aliphatic rings. The molecule has 1 heterocycles. The van der Waals surface area contributed by atoms with Crippen molar-refractivity contribution in [3.05, 3.63) is 12.3 Å². The zero-order valence-corrected chi connectivity index (χ0v) is 6.33. The molecule has 3 N–H and O–H groups in total. The zero-order valence-electron chi connectivity index (χ0n) is 6.33. The Hall–Kier alpha value is -1.36. The van der Waals surface area contributed by atoms with E-state index in [1.165, 1.54) is 0 Å². The first-order chi connectivity index (χ1) is 5.46. The lowest BCUT2D eigenvalue weighted by Gasteiger charge is -2.30. The number of ketones is 1. The number of carboxylic acid groups (broad SMARTS) is 1. The summed E-state index contributed by atoms with van der Waals surface area (Å²) in [5.41, 5.74) is -2.07. The molecule has 1 unspecified atom stereocenters. The summed E-state index contributed by atoms with van der Waals surface area (Å²) in [7, 11) is 0. The first-order valence-corrected chi connectivity index (χ1v) is 3.42. The number of carbonyl (C=O) groups is 2. The standard InChI is InChI=1S/C7H9NO4/c1-4-5(9)2-3-7(12,8-4)6(10)11/h8,12H,1-3H2,(H,10,11). The Bertz CT molecular complexity index is 260. The summed E-state index contributed by atoms with van der Waals surface area (Å²) in [5, 5.41) is 20.0. The van der Waals surface area contributed by atoms with E-state index in [1.54, 1.807) is 0 Å². The van der Waals surface area contributed by atoms with Gasteiger partial charge in [-0.15, -0.1) is 0 Å². The summed E-state index contributed by atoms with van der Waals surface area (Å²) in [5.74, 6) is -1.66. The lowest BCUT2D eigenvalue weighted by molar-refractivity contribution is -0.164. The fourth-order valence-corrected chi connectivity index (χ4v) is 0.988. The van der Waals surface area contributed by atoms with Crippen LogP contribution in [0, 0.1) is 0 Å². The molecule has 0 bridgehead atoms. The predicted octanol–water partition coefficient (Wildman–Crippen LogP) is -0.774. The SMILES string of the molecule is C=C1NC(O)(C(=O)O)CCC1=O. The topological polar surface area (TPSA) is 86.6 Å². The lowest BCUT2D eigenvalue weighted by Crippen LogP contribution is -2.55. The Labute approximate surface area is 68.7 Å². The van der Waals surface area contributed by atoms with Crippen LogP contribution in [-0.4, -0.2) is 27.7 Å². The Balaban J connectivity index is 2.80. The minimum atomic E-state index is -2.02. The van der Waals surface area contributed by atoms with Gasteiger partial charge in [0.2, 0.25) is 5.72 Å². The van der Waals surface area contributed by atoms with Crippen LogP contribution in [0.25, 0.3) is 0 Å². The average Bonchev–Trinajstić information content (AvgIpc) is 1.97. The third kappa shape index (κ3) is 1.31. The number of aliphatic hydroxyl groups is 1. The minimum Gasteiger partial charge on any atom is -0.478 e. The van der Waals surface area contributed by atoms with Crippen molar-refractivity contribution in [3.8, 4) is 0 Å². The molecule has 1 fully saturated rings. The Morgan fingerprint density at radius 3 is 2.67 bits per heavy atom. The number of aliphatic carboxylic acids is 1. The van der Waals surface area contributed by atoms with E-state index in [4.69, 9.17) is 5.11 Å². The van der Waals surface area contributed by atoms with Gasteiger partial charge in [-0.25, -0.2) is 4.79 Å². The Kier molecular flexibility index (Phi) is 1.89. The van der Waals surface area contributed by atoms with Gasteiger partial charge in [0.05, 0.1) is 5.70 Å². The normalized spacial score (nSPS) is 29.8. The van der Waals surface area contributed by atoms with E-state index in [9.17, 15) is 14.7 Å². The van der Waals surface area contributed by atoms with Crippen LogP contribution in [0.4, 0.5) is 0 Å². The Morgan fingerprint density at radius 1 is 1.67 bits per heavy atom. The molecule has 66 valence electrons. The molecule has 0 aromatic rings. The maximum absolute atomic E-state index is 10.8. The lowest BCUT2D eigenvalue weighted by atomic mass is 9.98. The quantitative estimate of drug-likeness (QED) is 0.451. The fraction of sp³-hybridized carbons (Fsp3) is 0.429. The number of allylic oxidation sites excluding steroid dienone is 1. The number of hydrogen-bond acceptors (Lipinski definition) is 4. The molecule has 1 aliphatic heterocycles. The number of nitrogens with one attached hydrogen (secondary N) is 1. The van der Waals surface area contributed by atoms with E-state index >= 15 is 0 Å². The number of carbonyl (C=O) groups excluding carboxylic acids is 1. The molecule has 1 saturated heterocycles. The summed E-state index contributed by atoms with van der Waals surface area (Å²) in [6.07, 6.45) is -0.116. The molecule has 12 heavy (non-hydrogen) atoms. The molecule has 0 amide bonds. The van der Waals surface area contributed by atoms with E-state index in [0.29, 0.717) is 0 Å². The molecule has 0 aromatic heterocycles. The first-order valence-electron chi connectivity index (χ1n) is 3.42. The number of carboxylic acids is 1. The van der Waals surface area contributed by atoms with Crippen LogP contribution < -0.4 is 5.32 Å². The molecule has 5 heteroatoms. The second kappa shape index (κ2) is 2.60. The minimum absolute atomic E-state index is 0.00856. The first kappa shape index (κ1) is 8.73. The largest absolute Gasteiger partial charge is 0.478 e. The van der Waals surface area contributed by atoms with E-state index in [0.717, 1.165) is 0 Å². The van der Waals surface area contributed by atoms with Crippen LogP contribution in [0.3, 0.4) is 0 Å². The van der Waals surface area contributed by atoms with Crippen molar-refractivity contribution in [2.75, 3.05) is 0 Å². The Morgan fingerprint density at radius 2 is 2.25 bits per heavy atom. The van der Waals surface area contributed by atoms with Gasteiger partial charge < -0.3 is 15.5 Å². The van der Waals surface area contributed by atoms with Crippen LogP contribution in [-0.2, 0) is 9.59 Å². The van der Waals surface area contributed by atoms with Gasteiger partial charge in [-0.1, -0.05) is 6.58 Å². The second-order valence-corrected chi connectivity index (χ2v) is 2.69. The van der Waals surface area contributed by atoms with Gasteiger partial charge >= 0.3 is 5.97 Å². The number of hydrogen-bond donors (Lipinski definition) is 3. The maximum Gasteiger partial charge on any atom is 0.357 e. The highest BCUT2D eigenvalue weighted by molar-refractivity contribution is 5.97. The van der Waals surface area contributed by atoms with E-state index < -0.39 is 11.7 Å². The van der Waals surface area contributed by atoms with Crippen LogP contribution in [0.15, 0.2) is 12.3 Å². The molecule has 0 spiro atoms. The van der Waals surface area contributed by atoms with E-state index in [-0.39, 0.29) is 24.3 Å². The van der Waals surface area contributed by atoms with Crippen molar-refractivity contribution < 1.29 is 19.8 Å². The van der Waals surface area contributed by atoms with Crippen LogP contribution in [0.1, 0.15) is 12.8 Å². The fourth-order valence-electron chi connectivity index (χ4n) is 0.988. The number of piperidine rings is 1. The molecule has 0 aromatic carbocycles. The summed E-state index contributed by atoms with van der Waals surface area (Å²) >= 11 is 0. The number of Topliss-reactive ketones (excluding diaryl/α,β-unsaturated/α-hetero) is 1. The van der Waals surface area contributed by atoms with Crippen molar-refractivity contribution in [1.29, 1.82) is 0 Å². The second-order valence-electron chi connectivity index (χ2n) is 2.69. The van der Waals surface area contributed by atoms with Crippen molar-refractivity contribution in [2.24, 2.45) is 0 Å². The molecule has 1 rings (SSSR count). The highest BCUT2D eigenvalue weighted by Gasteiger charge is 2.40. The molecule has 1 atom stereocenters. The van der Waals surface area contributed by atoms with Crippen molar-refractivity contribution >= 4 is 11.8 Å². The molecule has 0 aliphatic carbocycles. The van der Waals surface area contributed by atoms with Crippen LogP contribution in [0.5, 0.6) is 0 Å². The van der Waals surface area contributed by atoms with Gasteiger partial charge in [-0.2, -0.15) is 0 Å². The zero-order chi connectivity index (χ0) is 9.35. The van der Waals surface area contributed by atoms with Gasteiger partial charge in [0.25, 0.3) is 0 Å². The summed E-state index contributed by atoms with van der Waals surface area (Å²) < 4.78 is 0. The van der Waals surface area contributed by atoms with Crippen LogP contribution >= 0.6 is 0 Å². The third-order valence-corrected chi connectivity index (χ3v) is 1.76. The maximum atomic E-state index is 10.8. The van der Waals surface area contributed by atoms with Crippen molar-refractivity contribution in [3.63, 3.8) is 0 Å². The smallest absolute Gasteiger partial charge is 0.357 e. The monoisotopic (exact) mass is 171 g/mol. The van der Waals surface area contributed by atoms with Gasteiger partial charge in [0.1, 0.15) is 0 Å². The van der Waals surface area contributed by atoms with E-state index in [2.05, 4.69) is 11.9 Å². The van der Waals surface area contributed by atoms with Crippen molar-refractivity contribution in [2.45, 2.75) is 18.6 Å². The van der Waals surface area contributed by atoms with Crippen LogP contribution in [0.2, 0.25) is 0 Å². The molecular weight excluding hydrogens is 162 g/mol. The van der Waals surface area contributed by atoms with Gasteiger partial charge in [-0.3, -0.25) is 4.79 Å². The molecule has 5 nitrogen and oxygen atoms in total. The summed E-state index contributed by atoms with van der Waals surface area (Å²) in [4.78, 5) is 21.3. The summed E-state index contributed by atoms with van der Waals surface area (Å²) in [6, 6.07) is 0.